The molecule has 1 aliphatic rings. The van der Waals surface area contributed by atoms with Crippen molar-refractivity contribution in [3.63, 3.8) is 0 Å². The van der Waals surface area contributed by atoms with Gasteiger partial charge in [0.1, 0.15) is 10.7 Å². The van der Waals surface area contributed by atoms with Crippen molar-refractivity contribution >= 4 is 40.5 Å². The summed E-state index contributed by atoms with van der Waals surface area (Å²) >= 11 is 7.12. The summed E-state index contributed by atoms with van der Waals surface area (Å²) in [4.78, 5) is 30.5. The van der Waals surface area contributed by atoms with Gasteiger partial charge in [-0.15, -0.1) is 11.3 Å². The number of piperazine rings is 1. The number of halogens is 1. The molecule has 32 heavy (non-hydrogen) atoms. The quantitative estimate of drug-likeness (QED) is 0.593. The van der Waals surface area contributed by atoms with E-state index in [-0.39, 0.29) is 17.0 Å². The van der Waals surface area contributed by atoms with Gasteiger partial charge in [-0.1, -0.05) is 41.9 Å². The Morgan fingerprint density at radius 3 is 2.34 bits per heavy atom. The van der Waals surface area contributed by atoms with Gasteiger partial charge in [0.05, 0.1) is 10.2 Å². The summed E-state index contributed by atoms with van der Waals surface area (Å²) in [5.41, 5.74) is 1.13. The molecule has 0 radical (unpaired) electrons. The molecule has 2 aromatic carbocycles. The lowest BCUT2D eigenvalue weighted by atomic mass is 10.2. The Balaban J connectivity index is 1.94. The summed E-state index contributed by atoms with van der Waals surface area (Å²) in [7, 11) is 2.00. The van der Waals surface area contributed by atoms with Crippen LogP contribution >= 0.6 is 22.9 Å². The fourth-order valence-corrected chi connectivity index (χ4v) is 4.75. The van der Waals surface area contributed by atoms with Gasteiger partial charge in [-0.2, -0.15) is 5.26 Å². The Morgan fingerprint density at radius 1 is 1.06 bits per heavy atom. The fraction of sp³-hybridized carbons (Fsp3) is 0.208. The highest BCUT2D eigenvalue weighted by molar-refractivity contribution is 7.07. The molecular formula is C24H21ClN4O2S. The number of carbonyl (C=O) groups excluding carboxylic acids is 1. The molecule has 2 heterocycles. The van der Waals surface area contributed by atoms with Crippen LogP contribution in [0.3, 0.4) is 0 Å². The minimum Gasteiger partial charge on any atom is -0.335 e. The molecule has 1 aliphatic heterocycles. The molecule has 0 bridgehead atoms. The maximum Gasteiger partial charge on any atom is 0.273 e. The Morgan fingerprint density at radius 2 is 1.72 bits per heavy atom. The van der Waals surface area contributed by atoms with Crippen molar-refractivity contribution in [3.05, 3.63) is 84.7 Å². The second-order valence-corrected chi connectivity index (χ2v) is 8.99. The first kappa shape index (κ1) is 22.0. The van der Waals surface area contributed by atoms with Gasteiger partial charge in [-0.05, 0) is 43.0 Å². The molecule has 0 aliphatic carbocycles. The first-order valence-corrected chi connectivity index (χ1v) is 11.3. The second-order valence-electron chi connectivity index (χ2n) is 7.53. The van der Waals surface area contributed by atoms with E-state index >= 15 is 0 Å². The van der Waals surface area contributed by atoms with Gasteiger partial charge in [-0.3, -0.25) is 14.2 Å². The monoisotopic (exact) mass is 464 g/mol. The molecule has 162 valence electrons. The average molecular weight is 465 g/mol. The number of hydrogen-bond acceptors (Lipinski definition) is 5. The van der Waals surface area contributed by atoms with Crippen LogP contribution in [0.5, 0.6) is 0 Å². The third-order valence-electron chi connectivity index (χ3n) is 5.34. The lowest BCUT2D eigenvalue weighted by Gasteiger charge is -2.32. The number of likely N-dealkylation sites (N-methyl/N-ethyl adjacent to an activating group) is 1. The lowest BCUT2D eigenvalue weighted by molar-refractivity contribution is -0.126. The number of thiazole rings is 1. The third kappa shape index (κ3) is 4.53. The molecule has 8 heteroatoms. The predicted molar refractivity (Wildman–Crippen MR) is 127 cm³/mol. The molecular weight excluding hydrogens is 444 g/mol. The number of para-hydroxylation sites is 1. The van der Waals surface area contributed by atoms with E-state index in [4.69, 9.17) is 11.6 Å². The Labute approximate surface area is 194 Å². The van der Waals surface area contributed by atoms with Gasteiger partial charge in [-0.25, -0.2) is 0 Å². The van der Waals surface area contributed by atoms with Crippen LogP contribution in [0, 0.1) is 11.3 Å². The second kappa shape index (κ2) is 9.53. The van der Waals surface area contributed by atoms with E-state index in [1.165, 1.54) is 4.57 Å². The summed E-state index contributed by atoms with van der Waals surface area (Å²) in [6.07, 6.45) is 1.75. The smallest absolute Gasteiger partial charge is 0.273 e. The van der Waals surface area contributed by atoms with E-state index in [2.05, 4.69) is 11.0 Å². The molecule has 4 rings (SSSR count). The highest BCUT2D eigenvalue weighted by Gasteiger charge is 2.24. The molecule has 3 aromatic rings. The topological polar surface area (TPSA) is 69.3 Å². The number of rotatable bonds is 3. The maximum atomic E-state index is 13.4. The van der Waals surface area contributed by atoms with Crippen molar-refractivity contribution in [1.29, 1.82) is 5.26 Å². The summed E-state index contributed by atoms with van der Waals surface area (Å²) in [6.45, 7) is 2.59. The summed E-state index contributed by atoms with van der Waals surface area (Å²) < 4.78 is 2.23. The molecule has 1 saturated heterocycles. The highest BCUT2D eigenvalue weighted by atomic mass is 35.5. The summed E-state index contributed by atoms with van der Waals surface area (Å²) in [6, 6.07) is 18.3. The van der Waals surface area contributed by atoms with Crippen molar-refractivity contribution < 1.29 is 4.79 Å². The highest BCUT2D eigenvalue weighted by Crippen LogP contribution is 2.11. The van der Waals surface area contributed by atoms with Crippen LogP contribution < -0.4 is 14.8 Å². The standard InChI is InChI=1S/C24H21ClN4O2S/c1-27-11-13-28(14-12-27)22(30)20(16-26)24-29(19-5-3-2-4-6-19)23(31)21(32-24)15-17-7-9-18(25)10-8-17/h2-10,15H,11-14H2,1H3/b21-15-,24-20-. The number of amides is 1. The molecule has 0 unspecified atom stereocenters. The fourth-order valence-electron chi connectivity index (χ4n) is 3.53. The Hall–Kier alpha value is -3.18. The van der Waals surface area contributed by atoms with Crippen LogP contribution in [0.25, 0.3) is 17.3 Å². The van der Waals surface area contributed by atoms with Crippen molar-refractivity contribution in [2.24, 2.45) is 0 Å². The normalized spacial score (nSPS) is 16.0. The van der Waals surface area contributed by atoms with Crippen molar-refractivity contribution in [2.45, 2.75) is 0 Å². The van der Waals surface area contributed by atoms with Crippen LogP contribution in [0.15, 0.2) is 59.4 Å². The van der Waals surface area contributed by atoms with Crippen molar-refractivity contribution in [2.75, 3.05) is 33.2 Å². The van der Waals surface area contributed by atoms with E-state index in [9.17, 15) is 14.9 Å². The molecule has 0 N–H and O–H groups in total. The van der Waals surface area contributed by atoms with Gasteiger partial charge >= 0.3 is 0 Å². The molecule has 1 aromatic heterocycles. The van der Waals surface area contributed by atoms with E-state index in [0.29, 0.717) is 33.0 Å². The molecule has 1 amide bonds. The lowest BCUT2D eigenvalue weighted by Crippen LogP contribution is -2.48. The van der Waals surface area contributed by atoms with Gasteiger partial charge < -0.3 is 9.80 Å². The largest absolute Gasteiger partial charge is 0.335 e. The van der Waals surface area contributed by atoms with Gasteiger partial charge in [0, 0.05) is 31.2 Å². The van der Waals surface area contributed by atoms with Crippen LogP contribution in [0.2, 0.25) is 5.02 Å². The van der Waals surface area contributed by atoms with Gasteiger partial charge in [0.2, 0.25) is 0 Å². The molecule has 0 spiro atoms. The van der Waals surface area contributed by atoms with Gasteiger partial charge in [0.25, 0.3) is 11.5 Å². The molecule has 6 nitrogen and oxygen atoms in total. The summed E-state index contributed by atoms with van der Waals surface area (Å²) in [5.74, 6) is -0.343. The van der Waals surface area contributed by atoms with Crippen LogP contribution in [-0.2, 0) is 4.79 Å². The van der Waals surface area contributed by atoms with E-state index in [0.717, 1.165) is 30.0 Å². The van der Waals surface area contributed by atoms with Crippen molar-refractivity contribution in [1.82, 2.24) is 14.4 Å². The number of benzene rings is 2. The molecule has 0 saturated carbocycles. The number of aromatic nitrogens is 1. The molecule has 0 atom stereocenters. The predicted octanol–water partition coefficient (Wildman–Crippen LogP) is 1.83. The van der Waals surface area contributed by atoms with Crippen molar-refractivity contribution in [3.8, 4) is 11.8 Å². The minimum absolute atomic E-state index is 0.0173. The Kier molecular flexibility index (Phi) is 6.56. The minimum atomic E-state index is -0.343. The zero-order valence-electron chi connectivity index (χ0n) is 17.5. The van der Waals surface area contributed by atoms with E-state index < -0.39 is 0 Å². The maximum absolute atomic E-state index is 13.4. The first-order valence-electron chi connectivity index (χ1n) is 10.1. The summed E-state index contributed by atoms with van der Waals surface area (Å²) in [5, 5.41) is 10.6. The molecule has 1 fully saturated rings. The number of nitrogens with zero attached hydrogens (tertiary/aromatic N) is 4. The average Bonchev–Trinajstić information content (AvgIpc) is 3.12. The zero-order chi connectivity index (χ0) is 22.7. The van der Waals surface area contributed by atoms with E-state index in [1.54, 1.807) is 35.2 Å². The zero-order valence-corrected chi connectivity index (χ0v) is 19.1. The van der Waals surface area contributed by atoms with Crippen LogP contribution in [0.1, 0.15) is 5.56 Å². The Bertz CT molecular complexity index is 1350. The van der Waals surface area contributed by atoms with Crippen LogP contribution in [-0.4, -0.2) is 53.5 Å². The number of hydrogen-bond donors (Lipinski definition) is 0. The van der Waals surface area contributed by atoms with Gasteiger partial charge in [0.15, 0.2) is 5.57 Å². The number of nitriles is 1. The van der Waals surface area contributed by atoms with E-state index in [1.807, 2.05) is 37.4 Å². The SMILES string of the molecule is CN1CCN(C(=O)/C(C#N)=c2\s/c(=C\c3ccc(Cl)cc3)c(=O)n2-c2ccccc2)CC1. The third-order valence-corrected chi connectivity index (χ3v) is 6.68. The van der Waals surface area contributed by atoms with Crippen LogP contribution in [0.4, 0.5) is 0 Å². The first-order chi connectivity index (χ1) is 15.5. The number of carbonyl (C=O) groups is 1.